The number of aromatic nitrogens is 6. The van der Waals surface area contributed by atoms with Gasteiger partial charge in [0.2, 0.25) is 0 Å². The van der Waals surface area contributed by atoms with E-state index >= 15 is 0 Å². The zero-order chi connectivity index (χ0) is 41.9. The number of imidazole rings is 2. The Hall–Kier alpha value is -4.44. The molecule has 2 aromatic carbocycles. The van der Waals surface area contributed by atoms with Gasteiger partial charge >= 0.3 is 12.2 Å². The zero-order valence-corrected chi connectivity index (χ0v) is 36.5. The van der Waals surface area contributed by atoms with Gasteiger partial charge in [-0.25, -0.2) is 19.6 Å². The van der Waals surface area contributed by atoms with Crippen LogP contribution in [0.1, 0.15) is 73.7 Å². The Morgan fingerprint density at radius 2 is 0.931 bits per heavy atom. The first-order valence-electron chi connectivity index (χ1n) is 17.8. The van der Waals surface area contributed by atoms with Crippen LogP contribution in [0.5, 0.6) is 0 Å². The van der Waals surface area contributed by atoms with E-state index in [0.29, 0.717) is 44.8 Å². The number of nitrogens with zero attached hydrogens (tertiary/aromatic N) is 6. The quantitative estimate of drug-likeness (QED) is 0.107. The number of ether oxygens (including phenoxy) is 2. The Morgan fingerprint density at radius 1 is 0.603 bits per heavy atom. The number of carbonyl (C=O) groups excluding carboxylic acids is 2. The van der Waals surface area contributed by atoms with Crippen molar-refractivity contribution in [1.82, 2.24) is 29.1 Å². The minimum Gasteiger partial charge on any atom is -0.442 e. The lowest BCUT2D eigenvalue weighted by Gasteiger charge is -2.14. The normalized spacial score (nSPS) is 11.1. The fraction of sp³-hybridized carbons (Fsp3) is 0.250. The molecule has 0 aliphatic carbocycles. The van der Waals surface area contributed by atoms with E-state index in [9.17, 15) is 9.59 Å². The molecule has 0 aliphatic heterocycles. The molecule has 4 heterocycles. The maximum absolute atomic E-state index is 11.2. The number of hydrogen-bond donors (Lipinski definition) is 2. The number of rotatable bonds is 14. The van der Waals surface area contributed by atoms with Crippen LogP contribution in [0.4, 0.5) is 9.59 Å². The Kier molecular flexibility index (Phi) is 16.2. The van der Waals surface area contributed by atoms with Gasteiger partial charge in [0.15, 0.2) is 13.2 Å². The molecular weight excluding hydrogens is 862 g/mol. The van der Waals surface area contributed by atoms with Gasteiger partial charge in [0.1, 0.15) is 21.7 Å². The maximum atomic E-state index is 11.2. The van der Waals surface area contributed by atoms with Crippen LogP contribution in [-0.4, -0.2) is 41.3 Å². The molecule has 18 heteroatoms. The van der Waals surface area contributed by atoms with Crippen molar-refractivity contribution in [2.75, 3.05) is 0 Å². The molecular formula is C40H40Cl4N8O4S2. The van der Waals surface area contributed by atoms with Gasteiger partial charge in [-0.3, -0.25) is 9.97 Å². The molecule has 0 saturated heterocycles. The molecule has 0 radical (unpaired) electrons. The molecule has 58 heavy (non-hydrogen) atoms. The van der Waals surface area contributed by atoms with E-state index in [4.69, 9.17) is 77.3 Å². The summed E-state index contributed by atoms with van der Waals surface area (Å²) in [6, 6.07) is 18.5. The first kappa shape index (κ1) is 44.7. The Morgan fingerprint density at radius 3 is 1.22 bits per heavy atom. The zero-order valence-electron chi connectivity index (χ0n) is 31.9. The molecule has 0 bridgehead atoms. The third kappa shape index (κ3) is 12.8. The fourth-order valence-corrected chi connectivity index (χ4v) is 9.36. The summed E-state index contributed by atoms with van der Waals surface area (Å²) in [5.41, 5.74) is 14.2. The number of halogens is 4. The van der Waals surface area contributed by atoms with Gasteiger partial charge in [-0.1, -0.05) is 97.6 Å². The molecule has 0 unspecified atom stereocenters. The summed E-state index contributed by atoms with van der Waals surface area (Å²) in [5, 5.41) is 4.09. The highest BCUT2D eigenvalue weighted by Crippen LogP contribution is 2.39. The van der Waals surface area contributed by atoms with Crippen molar-refractivity contribution in [3.63, 3.8) is 0 Å². The van der Waals surface area contributed by atoms with Crippen LogP contribution in [0.2, 0.25) is 20.1 Å². The summed E-state index contributed by atoms with van der Waals surface area (Å²) in [6.07, 6.45) is 5.26. The van der Waals surface area contributed by atoms with Crippen molar-refractivity contribution in [1.29, 1.82) is 0 Å². The topological polar surface area (TPSA) is 166 Å². The minimum absolute atomic E-state index is 0.0169. The number of benzene rings is 2. The predicted molar refractivity (Wildman–Crippen MR) is 229 cm³/mol. The molecule has 6 rings (SSSR count). The van der Waals surface area contributed by atoms with Crippen molar-refractivity contribution in [2.45, 2.75) is 85.7 Å². The van der Waals surface area contributed by atoms with Gasteiger partial charge in [-0.15, -0.1) is 0 Å². The van der Waals surface area contributed by atoms with Crippen molar-refractivity contribution in [3.8, 4) is 0 Å². The van der Waals surface area contributed by atoms with Gasteiger partial charge in [0.25, 0.3) is 0 Å². The summed E-state index contributed by atoms with van der Waals surface area (Å²) < 4.78 is 14.1. The molecule has 12 nitrogen and oxygen atoms in total. The van der Waals surface area contributed by atoms with Gasteiger partial charge in [0.05, 0.1) is 24.5 Å². The molecule has 4 aromatic heterocycles. The van der Waals surface area contributed by atoms with Gasteiger partial charge in [-0.05, 0) is 83.6 Å². The monoisotopic (exact) mass is 900 g/mol. The SMILES string of the molecule is CC(C)c1nc(COC(N)=O)n(Cc2ccncc2)c1Sc1cc(Cl)cc(Cl)c1.CC(C)c1nc(COC(N)=O)n(Cc2ccncc2)c1Sc1cc(Cl)cc(Cl)c1. The van der Waals surface area contributed by atoms with Crippen LogP contribution in [0, 0.1) is 0 Å². The lowest BCUT2D eigenvalue weighted by molar-refractivity contribution is 0.145. The molecule has 0 aliphatic rings. The summed E-state index contributed by atoms with van der Waals surface area (Å²) in [5.74, 6) is 1.52. The first-order chi connectivity index (χ1) is 27.7. The second-order valence-electron chi connectivity index (χ2n) is 13.3. The first-order valence-corrected chi connectivity index (χ1v) is 20.9. The minimum atomic E-state index is -0.842. The van der Waals surface area contributed by atoms with Crippen molar-refractivity contribution >= 4 is 82.1 Å². The van der Waals surface area contributed by atoms with Crippen LogP contribution in [-0.2, 0) is 35.8 Å². The average molecular weight is 903 g/mol. The van der Waals surface area contributed by atoms with Crippen LogP contribution >= 0.6 is 69.9 Å². The van der Waals surface area contributed by atoms with E-state index in [-0.39, 0.29) is 25.0 Å². The predicted octanol–water partition coefficient (Wildman–Crippen LogP) is 11.0. The largest absolute Gasteiger partial charge is 0.442 e. The lowest BCUT2D eigenvalue weighted by Crippen LogP contribution is -2.15. The van der Waals surface area contributed by atoms with E-state index in [1.54, 1.807) is 36.9 Å². The summed E-state index contributed by atoms with van der Waals surface area (Å²) in [6.45, 7) is 9.29. The van der Waals surface area contributed by atoms with Gasteiger partial charge in [-0.2, -0.15) is 0 Å². The summed E-state index contributed by atoms with van der Waals surface area (Å²) in [7, 11) is 0. The highest BCUT2D eigenvalue weighted by atomic mass is 35.5. The Labute approximate surface area is 365 Å². The molecule has 0 atom stereocenters. The van der Waals surface area contributed by atoms with Crippen LogP contribution in [0.3, 0.4) is 0 Å². The molecule has 2 amide bonds. The third-order valence-electron chi connectivity index (χ3n) is 8.11. The maximum Gasteiger partial charge on any atom is 0.404 e. The molecule has 6 aromatic rings. The number of pyridine rings is 2. The van der Waals surface area contributed by atoms with Gasteiger partial charge < -0.3 is 30.1 Å². The van der Waals surface area contributed by atoms with Crippen LogP contribution in [0.25, 0.3) is 0 Å². The van der Waals surface area contributed by atoms with Crippen LogP contribution < -0.4 is 11.5 Å². The van der Waals surface area contributed by atoms with E-state index < -0.39 is 12.2 Å². The molecule has 304 valence electrons. The smallest absolute Gasteiger partial charge is 0.404 e. The summed E-state index contributed by atoms with van der Waals surface area (Å²) in [4.78, 5) is 41.7. The molecule has 0 fully saturated rings. The van der Waals surface area contributed by atoms with Gasteiger partial charge in [0, 0.05) is 54.7 Å². The number of primary amides is 2. The second kappa shape index (κ2) is 21.0. The average Bonchev–Trinajstić information content (AvgIpc) is 3.67. The molecule has 0 saturated carbocycles. The summed E-state index contributed by atoms with van der Waals surface area (Å²) >= 11 is 27.8. The standard InChI is InChI=1S/2C20H20Cl2N4O2S/c2*1-12(2)18-19(29-16-8-14(21)7-15(22)9-16)26(10-13-3-5-24-6-4-13)17(25-18)11-28-20(23)27/h2*3-9,12H,10-11H2,1-2H3,(H2,23,27). The van der Waals surface area contributed by atoms with Crippen molar-refractivity contribution < 1.29 is 19.1 Å². The fourth-order valence-electron chi connectivity index (χ4n) is 5.53. The van der Waals surface area contributed by atoms with E-state index in [0.717, 1.165) is 42.4 Å². The van der Waals surface area contributed by atoms with Crippen molar-refractivity contribution in [2.24, 2.45) is 11.5 Å². The number of nitrogens with two attached hydrogens (primary N) is 2. The third-order valence-corrected chi connectivity index (χ3v) is 11.2. The van der Waals surface area contributed by atoms with E-state index in [1.165, 1.54) is 23.5 Å². The van der Waals surface area contributed by atoms with Crippen molar-refractivity contribution in [3.05, 3.63) is 140 Å². The Balaban J connectivity index is 0.000000221. The van der Waals surface area contributed by atoms with E-state index in [1.807, 2.05) is 57.7 Å². The lowest BCUT2D eigenvalue weighted by atomic mass is 10.1. The van der Waals surface area contributed by atoms with E-state index in [2.05, 4.69) is 37.7 Å². The molecule has 4 N–H and O–H groups in total. The molecule has 0 spiro atoms. The number of hydrogen-bond acceptors (Lipinski definition) is 10. The number of carbonyl (C=O) groups is 2. The number of amides is 2. The second-order valence-corrected chi connectivity index (χ2v) is 17.1. The highest BCUT2D eigenvalue weighted by molar-refractivity contribution is 7.99. The van der Waals surface area contributed by atoms with Crippen LogP contribution in [0.15, 0.2) is 105 Å². The Bertz CT molecular complexity index is 2140. The highest BCUT2D eigenvalue weighted by Gasteiger charge is 2.23.